The van der Waals surface area contributed by atoms with Gasteiger partial charge in [-0.05, 0) is 30.9 Å². The predicted octanol–water partition coefficient (Wildman–Crippen LogP) is 3.73. The Labute approximate surface area is 233 Å². The maximum absolute atomic E-state index is 2.38. The molecule has 0 atom stereocenters. The molecular weight excluding hydrogens is 663 g/mol. The van der Waals surface area contributed by atoms with Crippen molar-refractivity contribution in [1.82, 2.24) is 0 Å². The Morgan fingerprint density at radius 3 is 0.345 bits per heavy atom. The molecule has 0 bridgehead atoms. The van der Waals surface area contributed by atoms with E-state index in [1.54, 1.807) is 0 Å². The third kappa shape index (κ3) is 17.0. The zero-order valence-corrected chi connectivity index (χ0v) is 30.1. The first kappa shape index (κ1) is 42.0. The van der Waals surface area contributed by atoms with Gasteiger partial charge < -0.3 is 48.0 Å². The van der Waals surface area contributed by atoms with Crippen LogP contribution in [0.25, 0.3) is 0 Å². The molecule has 0 aromatic rings. The smallest absolute Gasteiger partial charge is 1.00 e. The van der Waals surface area contributed by atoms with Crippen molar-refractivity contribution < 1.29 is 64.4 Å². The summed E-state index contributed by atoms with van der Waals surface area (Å²) in [6, 6.07) is 0. The van der Waals surface area contributed by atoms with Crippen molar-refractivity contribution in [3.8, 4) is 0 Å². The van der Waals surface area contributed by atoms with E-state index in [0.717, 1.165) is 0 Å². The maximum Gasteiger partial charge on any atom is 2.00 e. The van der Waals surface area contributed by atoms with E-state index in [9.17, 15) is 0 Å². The minimum atomic E-state index is 0. The number of rotatable bonds is 0. The molecule has 184 valence electrons. The maximum atomic E-state index is 2.38. The third-order valence-corrected chi connectivity index (χ3v) is 12.1. The number of hydrogen-bond donors (Lipinski definition) is 0. The summed E-state index contributed by atoms with van der Waals surface area (Å²) in [4.78, 5) is 0. The molecule has 0 saturated heterocycles. The summed E-state index contributed by atoms with van der Waals surface area (Å²) in [6.45, 7) is 42.9. The largest absolute Gasteiger partial charge is 2.00 e. The fraction of sp³-hybridized carbons (Fsp3) is 1.00. The number of halogens is 2. The van der Waals surface area contributed by atoms with Gasteiger partial charge in [0.05, 0.1) is 0 Å². The molecule has 0 amide bonds. The van der Waals surface area contributed by atoms with Crippen molar-refractivity contribution in [2.75, 3.05) is 0 Å². The third-order valence-electron chi connectivity index (χ3n) is 4.02. The van der Waals surface area contributed by atoms with Gasteiger partial charge >= 0.3 is 16.5 Å². The zero-order valence-electron chi connectivity index (χ0n) is 23.0. The van der Waals surface area contributed by atoms with Crippen LogP contribution in [0, 0.1) is 0 Å². The molecule has 0 aromatic heterocycles. The fourth-order valence-electron chi connectivity index (χ4n) is 6.04. The van der Waals surface area contributed by atoms with Gasteiger partial charge in [0.15, 0.2) is 0 Å². The topological polar surface area (TPSA) is 0 Å². The monoisotopic (exact) mass is 716 g/mol. The van der Waals surface area contributed by atoms with Crippen LogP contribution in [0.4, 0.5) is 0 Å². The molecule has 0 spiro atoms. The van der Waals surface area contributed by atoms with E-state index in [1.807, 2.05) is 0 Å². The van der Waals surface area contributed by atoms with Gasteiger partial charge in [-0.15, -0.1) is 0 Å². The Morgan fingerprint density at radius 2 is 0.345 bits per heavy atom. The van der Waals surface area contributed by atoms with Crippen molar-refractivity contribution >= 4 is 15.8 Å². The van der Waals surface area contributed by atoms with Gasteiger partial charge in [0.1, 0.15) is 0 Å². The molecule has 0 aliphatic rings. The Kier molecular flexibility index (Phi) is 19.8. The molecule has 0 N–H and O–H groups in total. The Bertz CT molecular complexity index is 314. The van der Waals surface area contributed by atoms with Crippen LogP contribution >= 0.6 is 15.8 Å². The predicted molar refractivity (Wildman–Crippen MR) is 132 cm³/mol. The Hall–Kier alpha value is 2.81. The van der Waals surface area contributed by atoms with E-state index in [4.69, 9.17) is 0 Å². The Morgan fingerprint density at radius 1 is 0.276 bits per heavy atom. The van der Waals surface area contributed by atoms with Crippen LogP contribution < -0.4 is 48.0 Å². The summed E-state index contributed by atoms with van der Waals surface area (Å²) in [5.41, 5.74) is 0. The van der Waals surface area contributed by atoms with Crippen molar-refractivity contribution in [2.24, 2.45) is 0 Å². The SMILES string of the molecule is CC(C)(C)P(C(C)(C)C)C(C)(C)C.CC(C)(C)P(C(C)(C)C)C(C)(C)C.[I-].[I-].[Ni+2]. The summed E-state index contributed by atoms with van der Waals surface area (Å²) >= 11 is 0. The van der Waals surface area contributed by atoms with Crippen LogP contribution in [0.5, 0.6) is 0 Å². The molecule has 0 aliphatic carbocycles. The van der Waals surface area contributed by atoms with Gasteiger partial charge in [0.2, 0.25) is 0 Å². The van der Waals surface area contributed by atoms with Crippen molar-refractivity contribution in [3.05, 3.63) is 0 Å². The average molecular weight is 717 g/mol. The fourth-order valence-corrected chi connectivity index (χ4v) is 18.1. The molecule has 0 unspecified atom stereocenters. The van der Waals surface area contributed by atoms with Crippen LogP contribution in [-0.2, 0) is 16.5 Å². The summed E-state index contributed by atoms with van der Waals surface area (Å²) < 4.78 is 0. The number of hydrogen-bond acceptors (Lipinski definition) is 0. The second kappa shape index (κ2) is 13.6. The first-order chi connectivity index (χ1) is 10.7. The second-order valence-electron chi connectivity index (χ2n) is 13.7. The minimum absolute atomic E-state index is 0. The quantitative estimate of drug-likeness (QED) is 0.204. The van der Waals surface area contributed by atoms with Crippen molar-refractivity contribution in [2.45, 2.75) is 156 Å². The summed E-state index contributed by atoms with van der Waals surface area (Å²) in [7, 11) is 0.0324. The van der Waals surface area contributed by atoms with Crippen molar-refractivity contribution in [3.63, 3.8) is 0 Å². The van der Waals surface area contributed by atoms with Crippen molar-refractivity contribution in [1.29, 1.82) is 0 Å². The molecule has 0 radical (unpaired) electrons. The van der Waals surface area contributed by atoms with Gasteiger partial charge in [-0.25, -0.2) is 0 Å². The van der Waals surface area contributed by atoms with E-state index in [-0.39, 0.29) is 80.3 Å². The standard InChI is InChI=1S/2C12H27P.2HI.Ni/c2*1-10(2,3)13(11(4,5)6)12(7,8)9;;;/h2*1-9H3;2*1H;/q;;;;+2/p-2. The molecule has 0 heterocycles. The first-order valence-corrected chi connectivity index (χ1v) is 13.0. The van der Waals surface area contributed by atoms with Gasteiger partial charge in [-0.1, -0.05) is 140 Å². The summed E-state index contributed by atoms with van der Waals surface area (Å²) in [5.74, 6) is 0. The normalized spacial score (nSPS) is 13.7. The van der Waals surface area contributed by atoms with Gasteiger partial charge in [0.25, 0.3) is 0 Å². The molecule has 0 fully saturated rings. The van der Waals surface area contributed by atoms with E-state index in [1.165, 1.54) is 0 Å². The van der Waals surface area contributed by atoms with E-state index >= 15 is 0 Å². The zero-order chi connectivity index (χ0) is 22.2. The Balaban J connectivity index is -0.000000120. The first-order valence-electron chi connectivity index (χ1n) is 10.3. The molecule has 29 heavy (non-hydrogen) atoms. The summed E-state index contributed by atoms with van der Waals surface area (Å²) in [5, 5.41) is 2.70. The molecule has 0 saturated carbocycles. The molecule has 0 nitrogen and oxygen atoms in total. The molecule has 5 heteroatoms. The van der Waals surface area contributed by atoms with E-state index in [2.05, 4.69) is 125 Å². The molecule has 0 aromatic carbocycles. The van der Waals surface area contributed by atoms with Crippen LogP contribution in [0.2, 0.25) is 0 Å². The van der Waals surface area contributed by atoms with Crippen LogP contribution in [0.3, 0.4) is 0 Å². The molecule has 0 aliphatic heterocycles. The van der Waals surface area contributed by atoms with Gasteiger partial charge in [-0.3, -0.25) is 0 Å². The van der Waals surface area contributed by atoms with Crippen LogP contribution in [0.1, 0.15) is 125 Å². The van der Waals surface area contributed by atoms with Gasteiger partial charge in [-0.2, -0.15) is 0 Å². The molecule has 0 rings (SSSR count). The summed E-state index contributed by atoms with van der Waals surface area (Å²) in [6.07, 6.45) is 0. The van der Waals surface area contributed by atoms with E-state index in [0.29, 0.717) is 30.9 Å². The van der Waals surface area contributed by atoms with Gasteiger partial charge in [0, 0.05) is 0 Å². The van der Waals surface area contributed by atoms with Crippen LogP contribution in [0.15, 0.2) is 0 Å². The average Bonchev–Trinajstić information content (AvgIpc) is 1.97. The van der Waals surface area contributed by atoms with E-state index < -0.39 is 0 Å². The second-order valence-corrected chi connectivity index (χ2v) is 23.1. The molecular formula is C24H54I2NiP2. The van der Waals surface area contributed by atoms with Crippen LogP contribution in [-0.4, -0.2) is 30.9 Å². The minimum Gasteiger partial charge on any atom is -1.00 e.